The maximum absolute atomic E-state index is 7.36. The summed E-state index contributed by atoms with van der Waals surface area (Å²) in [6, 6.07) is 10.6. The molecule has 0 bridgehead atoms. The molecule has 4 heteroatoms. The first-order chi connectivity index (χ1) is 11.9. The lowest BCUT2D eigenvalue weighted by Crippen LogP contribution is -2.47. The molecule has 1 aliphatic heterocycles. The third kappa shape index (κ3) is 3.77. The minimum absolute atomic E-state index is 0.162. The Balaban J connectivity index is 1.61. The quantitative estimate of drug-likeness (QED) is 0.772. The van der Waals surface area contributed by atoms with E-state index in [0.29, 0.717) is 6.54 Å². The molecule has 132 valence electrons. The number of rotatable bonds is 4. The van der Waals surface area contributed by atoms with Gasteiger partial charge in [-0.2, -0.15) is 5.10 Å². The van der Waals surface area contributed by atoms with Crippen LogP contribution in [0.2, 0.25) is 0 Å². The first-order valence-corrected chi connectivity index (χ1v) is 9.08. The van der Waals surface area contributed by atoms with Crippen LogP contribution in [0.4, 0.5) is 0 Å². The average Bonchev–Trinajstić information content (AvgIpc) is 3.11. The smallest absolute Gasteiger partial charge is 0.220 e. The second-order valence-corrected chi connectivity index (χ2v) is 8.24. The summed E-state index contributed by atoms with van der Waals surface area (Å²) in [6.07, 6.45) is 5.99. The van der Waals surface area contributed by atoms with Gasteiger partial charge in [0.15, 0.2) is 0 Å². The van der Waals surface area contributed by atoms with Crippen molar-refractivity contribution >= 4 is 0 Å². The molecule has 4 nitrogen and oxygen atoms in total. The molecule has 2 aromatic rings. The van der Waals surface area contributed by atoms with Crippen LogP contribution in [0.15, 0.2) is 42.7 Å². The van der Waals surface area contributed by atoms with Crippen LogP contribution in [-0.4, -0.2) is 34.3 Å². The van der Waals surface area contributed by atoms with Crippen molar-refractivity contribution in [3.05, 3.63) is 59.7 Å². The molecule has 0 N–H and O–H groups in total. The van der Waals surface area contributed by atoms with E-state index in [1.54, 1.807) is 6.20 Å². The monoisotopic (exact) mass is 336 g/mol. The van der Waals surface area contributed by atoms with Crippen LogP contribution >= 0.6 is 0 Å². The molecule has 0 unspecified atom stereocenters. The minimum Gasteiger partial charge on any atom is -0.316 e. The molecule has 0 amide bonds. The van der Waals surface area contributed by atoms with Gasteiger partial charge >= 0.3 is 0 Å². The summed E-state index contributed by atoms with van der Waals surface area (Å²) in [6.45, 7) is 18.0. The van der Waals surface area contributed by atoms with Gasteiger partial charge in [0.1, 0.15) is 0 Å². The molecule has 0 atom stereocenters. The van der Waals surface area contributed by atoms with Gasteiger partial charge in [-0.3, -0.25) is 4.90 Å². The van der Waals surface area contributed by atoms with Crippen molar-refractivity contribution in [1.82, 2.24) is 14.7 Å². The summed E-state index contributed by atoms with van der Waals surface area (Å²) in [5, 5.41) is 4.27. The summed E-state index contributed by atoms with van der Waals surface area (Å²) in [5.74, 6) is 0. The molecule has 1 fully saturated rings. The number of hydrogen-bond acceptors (Lipinski definition) is 2. The molecule has 0 aliphatic carbocycles. The third-order valence-corrected chi connectivity index (χ3v) is 5.90. The van der Waals surface area contributed by atoms with Crippen molar-refractivity contribution in [3.8, 4) is 5.69 Å². The second-order valence-electron chi connectivity index (χ2n) is 8.24. The molecule has 0 saturated carbocycles. The summed E-state index contributed by atoms with van der Waals surface area (Å²) in [4.78, 5) is 6.29. The topological polar surface area (TPSA) is 25.4 Å². The van der Waals surface area contributed by atoms with Gasteiger partial charge in [0.05, 0.1) is 5.69 Å². The molecule has 1 aromatic heterocycles. The summed E-state index contributed by atoms with van der Waals surface area (Å²) >= 11 is 0. The summed E-state index contributed by atoms with van der Waals surface area (Å²) < 4.78 is 1.88. The first kappa shape index (κ1) is 17.7. The van der Waals surface area contributed by atoms with Gasteiger partial charge in [-0.15, -0.1) is 0 Å². The average molecular weight is 336 g/mol. The van der Waals surface area contributed by atoms with Crippen LogP contribution in [0.3, 0.4) is 0 Å². The van der Waals surface area contributed by atoms with E-state index in [4.69, 9.17) is 6.57 Å². The van der Waals surface area contributed by atoms with Crippen LogP contribution in [0.25, 0.3) is 10.5 Å². The zero-order valence-electron chi connectivity index (χ0n) is 15.6. The molecule has 1 aromatic carbocycles. The summed E-state index contributed by atoms with van der Waals surface area (Å²) in [7, 11) is 0. The molecule has 3 rings (SSSR count). The molecule has 1 saturated heterocycles. The number of aromatic nitrogens is 2. The molecule has 2 heterocycles. The van der Waals surface area contributed by atoms with E-state index in [0.717, 1.165) is 38.2 Å². The Hall–Kier alpha value is -2.12. The number of hydrogen-bond donors (Lipinski definition) is 0. The molecule has 25 heavy (non-hydrogen) atoms. The van der Waals surface area contributed by atoms with Gasteiger partial charge in [-0.25, -0.2) is 11.3 Å². The SMILES string of the molecule is [C-]#[N+]CC1(C(C)(C)C)CCN(Cc2ccc(-n3cccn3)cc2)CC1. The number of piperidine rings is 1. The zero-order valence-corrected chi connectivity index (χ0v) is 15.6. The van der Waals surface area contributed by atoms with E-state index in [2.05, 4.69) is 59.9 Å². The molecular formula is C21H28N4. The number of likely N-dealkylation sites (tertiary alicyclic amines) is 1. The van der Waals surface area contributed by atoms with Gasteiger partial charge in [0, 0.05) is 24.4 Å². The highest BCUT2D eigenvalue weighted by atomic mass is 15.3. The van der Waals surface area contributed by atoms with E-state index in [1.165, 1.54) is 5.56 Å². The lowest BCUT2D eigenvalue weighted by atomic mass is 9.61. The Kier molecular flexibility index (Phi) is 4.96. The van der Waals surface area contributed by atoms with Crippen LogP contribution in [0.5, 0.6) is 0 Å². The lowest BCUT2D eigenvalue weighted by molar-refractivity contribution is 0.0173. The highest BCUT2D eigenvalue weighted by Crippen LogP contribution is 2.47. The van der Waals surface area contributed by atoms with Gasteiger partial charge in [-0.1, -0.05) is 32.9 Å². The van der Waals surface area contributed by atoms with Crippen LogP contribution < -0.4 is 0 Å². The van der Waals surface area contributed by atoms with E-state index in [1.807, 2.05) is 16.9 Å². The van der Waals surface area contributed by atoms with Gasteiger partial charge in [0.2, 0.25) is 6.54 Å². The Labute approximate surface area is 151 Å². The van der Waals surface area contributed by atoms with Gasteiger partial charge < -0.3 is 4.85 Å². The predicted octanol–water partition coefficient (Wildman–Crippen LogP) is 4.42. The molecule has 0 spiro atoms. The standard InChI is InChI=1S/C21H28N4/c1-20(2,3)21(17-22-4)10-14-24(15-11-21)16-18-6-8-19(9-7-18)25-13-5-12-23-25/h5-9,12-13H,10-11,14-17H2,1-3H3. The Morgan fingerprint density at radius 1 is 1.16 bits per heavy atom. The van der Waals surface area contributed by atoms with Gasteiger partial charge in [0.25, 0.3) is 0 Å². The highest BCUT2D eigenvalue weighted by Gasteiger charge is 2.46. The van der Waals surface area contributed by atoms with Gasteiger partial charge in [-0.05, 0) is 55.1 Å². The van der Waals surface area contributed by atoms with E-state index in [9.17, 15) is 0 Å². The zero-order chi connectivity index (χ0) is 17.9. The number of nitrogens with zero attached hydrogens (tertiary/aromatic N) is 4. The predicted molar refractivity (Wildman–Crippen MR) is 101 cm³/mol. The normalized spacial score (nSPS) is 18.0. The fraction of sp³-hybridized carbons (Fsp3) is 0.524. The minimum atomic E-state index is 0.162. The number of benzene rings is 1. The Bertz CT molecular complexity index is 709. The maximum Gasteiger partial charge on any atom is 0.220 e. The van der Waals surface area contributed by atoms with Crippen LogP contribution in [-0.2, 0) is 6.54 Å². The summed E-state index contributed by atoms with van der Waals surface area (Å²) in [5.41, 5.74) is 2.78. The van der Waals surface area contributed by atoms with E-state index >= 15 is 0 Å². The fourth-order valence-corrected chi connectivity index (χ4v) is 3.87. The van der Waals surface area contributed by atoms with Crippen molar-refractivity contribution in [1.29, 1.82) is 0 Å². The molecular weight excluding hydrogens is 308 g/mol. The largest absolute Gasteiger partial charge is 0.316 e. The third-order valence-electron chi connectivity index (χ3n) is 5.90. The maximum atomic E-state index is 7.36. The van der Waals surface area contributed by atoms with Crippen molar-refractivity contribution in [2.24, 2.45) is 10.8 Å². The van der Waals surface area contributed by atoms with E-state index in [-0.39, 0.29) is 10.8 Å². The fourth-order valence-electron chi connectivity index (χ4n) is 3.87. The van der Waals surface area contributed by atoms with Crippen LogP contribution in [0, 0.1) is 17.4 Å². The first-order valence-electron chi connectivity index (χ1n) is 9.08. The molecule has 1 aliphatic rings. The van der Waals surface area contributed by atoms with Crippen LogP contribution in [0.1, 0.15) is 39.2 Å². The Morgan fingerprint density at radius 3 is 2.36 bits per heavy atom. The van der Waals surface area contributed by atoms with Crippen molar-refractivity contribution in [3.63, 3.8) is 0 Å². The van der Waals surface area contributed by atoms with Crippen molar-refractivity contribution in [2.75, 3.05) is 19.6 Å². The lowest BCUT2D eigenvalue weighted by Gasteiger charge is -2.46. The van der Waals surface area contributed by atoms with Crippen molar-refractivity contribution < 1.29 is 0 Å². The second kappa shape index (κ2) is 7.01. The molecule has 0 radical (unpaired) electrons. The Morgan fingerprint density at radius 2 is 1.84 bits per heavy atom. The highest BCUT2D eigenvalue weighted by molar-refractivity contribution is 5.33. The van der Waals surface area contributed by atoms with E-state index < -0.39 is 0 Å². The van der Waals surface area contributed by atoms with Crippen molar-refractivity contribution in [2.45, 2.75) is 40.2 Å².